The minimum absolute atomic E-state index is 0.0524. The lowest BCUT2D eigenvalue weighted by Crippen LogP contribution is -2.32. The molecule has 1 heterocycles. The van der Waals surface area contributed by atoms with E-state index in [1.807, 2.05) is 18.2 Å². The molecule has 32 heavy (non-hydrogen) atoms. The first-order valence-corrected chi connectivity index (χ1v) is 12.4. The zero-order chi connectivity index (χ0) is 23.5. The molecule has 0 spiro atoms. The van der Waals surface area contributed by atoms with E-state index in [1.165, 1.54) is 16.4 Å². The van der Waals surface area contributed by atoms with Crippen molar-refractivity contribution in [3.8, 4) is 11.5 Å². The van der Waals surface area contributed by atoms with Crippen LogP contribution in [0.4, 0.5) is 0 Å². The van der Waals surface area contributed by atoms with Gasteiger partial charge in [-0.1, -0.05) is 25.4 Å². The molecule has 1 amide bonds. The number of sulfonamides is 1. The lowest BCUT2D eigenvalue weighted by molar-refractivity contribution is 0.0733. The van der Waals surface area contributed by atoms with Gasteiger partial charge in [-0.2, -0.15) is 4.31 Å². The molecule has 1 saturated heterocycles. The second-order valence-corrected chi connectivity index (χ2v) is 9.81. The highest BCUT2D eigenvalue weighted by Crippen LogP contribution is 2.40. The summed E-state index contributed by atoms with van der Waals surface area (Å²) in [5.41, 5.74) is 1.15. The molecule has 174 valence electrons. The SMILES string of the molecule is CCN(CC)S(=O)(=O)c1cc(C(=O)N2CCCC2c2cc(OC)ccc2OC)ccc1Cl. The van der Waals surface area contributed by atoms with Gasteiger partial charge in [-0.05, 0) is 49.2 Å². The minimum Gasteiger partial charge on any atom is -0.497 e. The van der Waals surface area contributed by atoms with Gasteiger partial charge >= 0.3 is 0 Å². The van der Waals surface area contributed by atoms with Gasteiger partial charge in [-0.3, -0.25) is 4.79 Å². The predicted octanol–water partition coefficient (Wildman–Crippen LogP) is 4.37. The molecule has 1 atom stereocenters. The number of ether oxygens (including phenoxy) is 2. The Bertz CT molecular complexity index is 1090. The van der Waals surface area contributed by atoms with E-state index in [0.717, 1.165) is 18.4 Å². The quantitative estimate of drug-likeness (QED) is 0.561. The van der Waals surface area contributed by atoms with E-state index in [4.69, 9.17) is 21.1 Å². The van der Waals surface area contributed by atoms with Crippen LogP contribution in [-0.4, -0.2) is 57.4 Å². The van der Waals surface area contributed by atoms with Gasteiger partial charge in [0.15, 0.2) is 0 Å². The van der Waals surface area contributed by atoms with Crippen molar-refractivity contribution in [2.45, 2.75) is 37.6 Å². The highest BCUT2D eigenvalue weighted by Gasteiger charge is 2.34. The highest BCUT2D eigenvalue weighted by atomic mass is 35.5. The topological polar surface area (TPSA) is 76.2 Å². The summed E-state index contributed by atoms with van der Waals surface area (Å²) in [6.07, 6.45) is 1.60. The van der Waals surface area contributed by atoms with Crippen LogP contribution in [0.1, 0.15) is 48.7 Å². The number of nitrogens with zero attached hydrogens (tertiary/aromatic N) is 2. The summed E-state index contributed by atoms with van der Waals surface area (Å²) in [4.78, 5) is 15.2. The normalized spacial score (nSPS) is 16.4. The summed E-state index contributed by atoms with van der Waals surface area (Å²) < 4.78 is 38.3. The molecule has 1 aliphatic heterocycles. The monoisotopic (exact) mass is 480 g/mol. The third kappa shape index (κ3) is 4.58. The smallest absolute Gasteiger partial charge is 0.254 e. The van der Waals surface area contributed by atoms with Crippen molar-refractivity contribution in [1.82, 2.24) is 9.21 Å². The summed E-state index contributed by atoms with van der Waals surface area (Å²) in [6.45, 7) is 4.72. The Morgan fingerprint density at radius 2 is 1.84 bits per heavy atom. The van der Waals surface area contributed by atoms with E-state index in [0.29, 0.717) is 31.1 Å². The number of halogens is 1. The Labute approximate surface area is 194 Å². The number of likely N-dealkylation sites (tertiary alicyclic amines) is 1. The van der Waals surface area contributed by atoms with Gasteiger partial charge in [0, 0.05) is 30.8 Å². The summed E-state index contributed by atoms with van der Waals surface area (Å²) in [5, 5.41) is 0.0980. The standard InChI is InChI=1S/C23H29ClN2O5S/c1-5-25(6-2)32(28,29)22-14-16(9-11-19(22)24)23(27)26-13-7-8-20(26)18-15-17(30-3)10-12-21(18)31-4/h9-12,14-15,20H,5-8,13H2,1-4H3. The van der Waals surface area contributed by atoms with Gasteiger partial charge in [0.05, 0.1) is 25.3 Å². The second-order valence-electron chi connectivity index (χ2n) is 7.50. The first-order valence-electron chi connectivity index (χ1n) is 10.6. The van der Waals surface area contributed by atoms with Crippen molar-refractivity contribution in [3.63, 3.8) is 0 Å². The molecule has 0 N–H and O–H groups in total. The summed E-state index contributed by atoms with van der Waals surface area (Å²) >= 11 is 6.24. The Morgan fingerprint density at radius 1 is 1.12 bits per heavy atom. The Morgan fingerprint density at radius 3 is 2.47 bits per heavy atom. The van der Waals surface area contributed by atoms with Crippen molar-refractivity contribution < 1.29 is 22.7 Å². The number of rotatable bonds is 8. The van der Waals surface area contributed by atoms with Crippen LogP contribution >= 0.6 is 11.6 Å². The molecule has 0 aliphatic carbocycles. The van der Waals surface area contributed by atoms with E-state index < -0.39 is 10.0 Å². The molecule has 2 aromatic carbocycles. The van der Waals surface area contributed by atoms with Crippen LogP contribution in [0.5, 0.6) is 11.5 Å². The first-order chi connectivity index (χ1) is 15.3. The molecule has 2 aromatic rings. The number of carbonyl (C=O) groups excluding carboxylic acids is 1. The van der Waals surface area contributed by atoms with Crippen LogP contribution in [0.3, 0.4) is 0 Å². The number of hydrogen-bond acceptors (Lipinski definition) is 5. The molecule has 1 aliphatic rings. The summed E-state index contributed by atoms with van der Waals surface area (Å²) in [7, 11) is -0.617. The van der Waals surface area contributed by atoms with Crippen molar-refractivity contribution >= 4 is 27.5 Å². The summed E-state index contributed by atoms with van der Waals surface area (Å²) in [5.74, 6) is 1.11. The van der Waals surface area contributed by atoms with Crippen molar-refractivity contribution in [2.75, 3.05) is 33.9 Å². The Hall–Kier alpha value is -2.29. The van der Waals surface area contributed by atoms with Gasteiger partial charge < -0.3 is 14.4 Å². The lowest BCUT2D eigenvalue weighted by Gasteiger charge is -2.27. The molecule has 0 radical (unpaired) electrons. The second kappa shape index (κ2) is 10.1. The molecule has 7 nitrogen and oxygen atoms in total. The Kier molecular flexibility index (Phi) is 7.69. The molecular formula is C23H29ClN2O5S. The van der Waals surface area contributed by atoms with E-state index in [-0.39, 0.29) is 27.4 Å². The maximum Gasteiger partial charge on any atom is 0.254 e. The summed E-state index contributed by atoms with van der Waals surface area (Å²) in [6, 6.07) is 9.75. The van der Waals surface area contributed by atoms with Gasteiger partial charge in [-0.25, -0.2) is 8.42 Å². The molecule has 0 aromatic heterocycles. The van der Waals surface area contributed by atoms with E-state index in [9.17, 15) is 13.2 Å². The lowest BCUT2D eigenvalue weighted by atomic mass is 10.0. The molecular weight excluding hydrogens is 452 g/mol. The number of benzene rings is 2. The van der Waals surface area contributed by atoms with Crippen LogP contribution in [0.2, 0.25) is 5.02 Å². The number of hydrogen-bond donors (Lipinski definition) is 0. The zero-order valence-corrected chi connectivity index (χ0v) is 20.4. The molecule has 1 unspecified atom stereocenters. The van der Waals surface area contributed by atoms with Crippen molar-refractivity contribution in [1.29, 1.82) is 0 Å². The van der Waals surface area contributed by atoms with Gasteiger partial charge in [0.1, 0.15) is 16.4 Å². The van der Waals surface area contributed by atoms with Crippen molar-refractivity contribution in [2.24, 2.45) is 0 Å². The van der Waals surface area contributed by atoms with Crippen molar-refractivity contribution in [3.05, 3.63) is 52.5 Å². The maximum atomic E-state index is 13.5. The molecule has 3 rings (SSSR count). The van der Waals surface area contributed by atoms with Gasteiger partial charge in [0.25, 0.3) is 5.91 Å². The van der Waals surface area contributed by atoms with Crippen LogP contribution in [-0.2, 0) is 10.0 Å². The fraction of sp³-hybridized carbons (Fsp3) is 0.435. The average molecular weight is 481 g/mol. The molecule has 9 heteroatoms. The fourth-order valence-corrected chi connectivity index (χ4v) is 6.09. The zero-order valence-electron chi connectivity index (χ0n) is 18.8. The van der Waals surface area contributed by atoms with Crippen LogP contribution in [0, 0.1) is 0 Å². The van der Waals surface area contributed by atoms with E-state index >= 15 is 0 Å². The first kappa shape index (κ1) is 24.4. The van der Waals surface area contributed by atoms with E-state index in [1.54, 1.807) is 39.0 Å². The van der Waals surface area contributed by atoms with Crippen LogP contribution in [0.25, 0.3) is 0 Å². The third-order valence-corrected chi connectivity index (χ3v) is 8.34. The largest absolute Gasteiger partial charge is 0.497 e. The van der Waals surface area contributed by atoms with Crippen LogP contribution in [0.15, 0.2) is 41.3 Å². The third-order valence-electron chi connectivity index (χ3n) is 5.81. The number of amides is 1. The number of carbonyl (C=O) groups is 1. The predicted molar refractivity (Wildman–Crippen MR) is 124 cm³/mol. The Balaban J connectivity index is 1.99. The molecule has 0 bridgehead atoms. The van der Waals surface area contributed by atoms with Gasteiger partial charge in [0.2, 0.25) is 10.0 Å². The average Bonchev–Trinajstić information content (AvgIpc) is 3.28. The van der Waals surface area contributed by atoms with E-state index in [2.05, 4.69) is 0 Å². The molecule has 0 saturated carbocycles. The fourth-order valence-electron chi connectivity index (χ4n) is 4.14. The maximum absolute atomic E-state index is 13.5. The number of methoxy groups -OCH3 is 2. The molecule has 1 fully saturated rings. The minimum atomic E-state index is -3.80. The van der Waals surface area contributed by atoms with Crippen LogP contribution < -0.4 is 9.47 Å². The van der Waals surface area contributed by atoms with Gasteiger partial charge in [-0.15, -0.1) is 0 Å². The highest BCUT2D eigenvalue weighted by molar-refractivity contribution is 7.89.